The van der Waals surface area contributed by atoms with Gasteiger partial charge in [-0.3, -0.25) is 14.3 Å². The number of likely N-dealkylation sites (tertiary alicyclic amines) is 1. The smallest absolute Gasteiger partial charge is 0.305 e. The summed E-state index contributed by atoms with van der Waals surface area (Å²) in [5.74, 6) is 0.565. The molecule has 0 bridgehead atoms. The predicted octanol–water partition coefficient (Wildman–Crippen LogP) is 3.37. The van der Waals surface area contributed by atoms with Crippen LogP contribution < -0.4 is 4.74 Å². The molecule has 7 nitrogen and oxygen atoms in total. The van der Waals surface area contributed by atoms with Gasteiger partial charge in [0.15, 0.2) is 0 Å². The van der Waals surface area contributed by atoms with E-state index < -0.39 is 5.97 Å². The number of carboxylic acids is 1. The van der Waals surface area contributed by atoms with E-state index in [9.17, 15) is 9.59 Å². The Kier molecular flexibility index (Phi) is 6.50. The van der Waals surface area contributed by atoms with Crippen molar-refractivity contribution in [2.24, 2.45) is 5.92 Å². The summed E-state index contributed by atoms with van der Waals surface area (Å²) in [7, 11) is 0. The zero-order chi connectivity index (χ0) is 21.6. The molecule has 1 fully saturated rings. The van der Waals surface area contributed by atoms with Crippen molar-refractivity contribution in [3.05, 3.63) is 60.3 Å². The van der Waals surface area contributed by atoms with Crippen LogP contribution in [0.25, 0.3) is 10.9 Å². The molecule has 2 aromatic carbocycles. The van der Waals surface area contributed by atoms with Crippen LogP contribution in [0.4, 0.5) is 0 Å². The average molecular weight is 421 g/mol. The molecule has 2 heterocycles. The van der Waals surface area contributed by atoms with Gasteiger partial charge in [0.1, 0.15) is 5.75 Å². The van der Waals surface area contributed by atoms with Gasteiger partial charge in [0.05, 0.1) is 37.7 Å². The van der Waals surface area contributed by atoms with Crippen LogP contribution in [0.2, 0.25) is 0 Å². The Hall–Kier alpha value is -3.35. The van der Waals surface area contributed by atoms with Gasteiger partial charge in [0.2, 0.25) is 5.91 Å². The average Bonchev–Trinajstić information content (AvgIpc) is 3.19. The van der Waals surface area contributed by atoms with Crippen molar-refractivity contribution in [2.75, 3.05) is 19.7 Å². The summed E-state index contributed by atoms with van der Waals surface area (Å²) in [5.41, 5.74) is 1.96. The number of hydrogen-bond acceptors (Lipinski definition) is 4. The lowest BCUT2D eigenvalue weighted by atomic mass is 9.97. The van der Waals surface area contributed by atoms with Crippen molar-refractivity contribution in [1.82, 2.24) is 14.7 Å². The number of aliphatic carboxylic acids is 1. The molecule has 162 valence electrons. The van der Waals surface area contributed by atoms with Crippen LogP contribution in [0, 0.1) is 5.92 Å². The molecule has 0 radical (unpaired) electrons. The quantitative estimate of drug-likeness (QED) is 0.603. The number of ether oxygens (including phenoxy) is 1. The third kappa shape index (κ3) is 5.42. The predicted molar refractivity (Wildman–Crippen MR) is 117 cm³/mol. The van der Waals surface area contributed by atoms with Crippen LogP contribution in [0.3, 0.4) is 0 Å². The molecule has 31 heavy (non-hydrogen) atoms. The normalized spacial score (nSPS) is 14.6. The number of aryl methyl sites for hydroxylation is 1. The van der Waals surface area contributed by atoms with Crippen LogP contribution in [0.5, 0.6) is 5.75 Å². The zero-order valence-electron chi connectivity index (χ0n) is 17.4. The minimum atomic E-state index is -0.837. The Bertz CT molecular complexity index is 1040. The number of amides is 1. The molecule has 0 aliphatic carbocycles. The number of hydrogen-bond donors (Lipinski definition) is 1. The van der Waals surface area contributed by atoms with Gasteiger partial charge in [-0.15, -0.1) is 0 Å². The van der Waals surface area contributed by atoms with Gasteiger partial charge in [-0.05, 0) is 42.5 Å². The van der Waals surface area contributed by atoms with Crippen molar-refractivity contribution >= 4 is 22.8 Å². The molecule has 1 aliphatic rings. The molecule has 1 aliphatic heterocycles. The summed E-state index contributed by atoms with van der Waals surface area (Å²) < 4.78 is 7.72. The topological polar surface area (TPSA) is 84.7 Å². The third-order valence-corrected chi connectivity index (χ3v) is 5.80. The van der Waals surface area contributed by atoms with Crippen molar-refractivity contribution < 1.29 is 19.4 Å². The first-order valence-corrected chi connectivity index (χ1v) is 10.7. The highest BCUT2D eigenvalue weighted by molar-refractivity contribution is 5.80. The highest BCUT2D eigenvalue weighted by Gasteiger charge is 2.23. The van der Waals surface area contributed by atoms with Crippen molar-refractivity contribution in [3.63, 3.8) is 0 Å². The standard InChI is InChI=1S/C24H27N3O4/c28-23(14-18-4-2-1-3-5-18)26-11-8-19(9-12-26)17-31-21-6-7-22-20(15-21)16-25-27(22)13-10-24(29)30/h1-7,15-16,19H,8-14,17H2,(H,29,30). The summed E-state index contributed by atoms with van der Waals surface area (Å²) in [6, 6.07) is 15.6. The Labute approximate surface area is 181 Å². The van der Waals surface area contributed by atoms with E-state index in [-0.39, 0.29) is 12.3 Å². The van der Waals surface area contributed by atoms with E-state index in [1.54, 1.807) is 10.9 Å². The molecule has 1 saturated heterocycles. The van der Waals surface area contributed by atoms with E-state index >= 15 is 0 Å². The number of carbonyl (C=O) groups is 2. The van der Waals surface area contributed by atoms with Gasteiger partial charge in [0.25, 0.3) is 0 Å². The molecule has 1 aromatic heterocycles. The first kappa shape index (κ1) is 20.9. The van der Waals surface area contributed by atoms with Crippen LogP contribution in [0.15, 0.2) is 54.7 Å². The Morgan fingerprint density at radius 1 is 1.10 bits per heavy atom. The van der Waals surface area contributed by atoms with Gasteiger partial charge in [-0.2, -0.15) is 5.10 Å². The molecule has 7 heteroatoms. The molecule has 0 unspecified atom stereocenters. The van der Waals surface area contributed by atoms with Gasteiger partial charge >= 0.3 is 5.97 Å². The van der Waals surface area contributed by atoms with Crippen LogP contribution in [0.1, 0.15) is 24.8 Å². The monoisotopic (exact) mass is 421 g/mol. The van der Waals surface area contributed by atoms with E-state index in [4.69, 9.17) is 9.84 Å². The fourth-order valence-corrected chi connectivity index (χ4v) is 3.98. The lowest BCUT2D eigenvalue weighted by Crippen LogP contribution is -2.40. The second-order valence-corrected chi connectivity index (χ2v) is 8.03. The summed E-state index contributed by atoms with van der Waals surface area (Å²) in [5, 5.41) is 14.1. The number of nitrogens with zero attached hydrogens (tertiary/aromatic N) is 3. The van der Waals surface area contributed by atoms with Gasteiger partial charge < -0.3 is 14.7 Å². The fraction of sp³-hybridized carbons (Fsp3) is 0.375. The maximum atomic E-state index is 12.5. The second-order valence-electron chi connectivity index (χ2n) is 8.03. The number of carboxylic acid groups (broad SMARTS) is 1. The first-order valence-electron chi connectivity index (χ1n) is 10.7. The number of carbonyl (C=O) groups excluding carboxylic acids is 1. The maximum absolute atomic E-state index is 12.5. The lowest BCUT2D eigenvalue weighted by molar-refractivity contribution is -0.137. The van der Waals surface area contributed by atoms with Gasteiger partial charge in [0, 0.05) is 18.5 Å². The van der Waals surface area contributed by atoms with Crippen LogP contribution in [-0.2, 0) is 22.6 Å². The highest BCUT2D eigenvalue weighted by Crippen LogP contribution is 2.24. The largest absolute Gasteiger partial charge is 0.493 e. The van der Waals surface area contributed by atoms with E-state index in [1.165, 1.54) is 0 Å². The van der Waals surface area contributed by atoms with Gasteiger partial charge in [-0.25, -0.2) is 0 Å². The number of fused-ring (bicyclic) bond motifs is 1. The number of aromatic nitrogens is 2. The number of piperidine rings is 1. The minimum absolute atomic E-state index is 0.0432. The third-order valence-electron chi connectivity index (χ3n) is 5.80. The van der Waals surface area contributed by atoms with Crippen molar-refractivity contribution in [1.29, 1.82) is 0 Å². The number of rotatable bonds is 8. The van der Waals surface area contributed by atoms with Crippen LogP contribution >= 0.6 is 0 Å². The second kappa shape index (κ2) is 9.64. The molecule has 0 saturated carbocycles. The molecule has 3 aromatic rings. The molecular weight excluding hydrogens is 394 g/mol. The number of benzene rings is 2. The summed E-state index contributed by atoms with van der Waals surface area (Å²) in [4.78, 5) is 25.3. The highest BCUT2D eigenvalue weighted by atomic mass is 16.5. The molecule has 1 amide bonds. The molecule has 0 atom stereocenters. The van der Waals surface area contributed by atoms with E-state index in [0.717, 1.165) is 48.1 Å². The molecule has 1 N–H and O–H groups in total. The summed E-state index contributed by atoms with van der Waals surface area (Å²) in [6.07, 6.45) is 4.12. The Morgan fingerprint density at radius 2 is 1.87 bits per heavy atom. The Balaban J connectivity index is 1.25. The van der Waals surface area contributed by atoms with Crippen LogP contribution in [-0.4, -0.2) is 51.4 Å². The fourth-order valence-electron chi connectivity index (χ4n) is 3.98. The lowest BCUT2D eigenvalue weighted by Gasteiger charge is -2.32. The maximum Gasteiger partial charge on any atom is 0.305 e. The first-order chi connectivity index (χ1) is 15.1. The minimum Gasteiger partial charge on any atom is -0.493 e. The zero-order valence-corrected chi connectivity index (χ0v) is 17.4. The van der Waals surface area contributed by atoms with E-state index in [2.05, 4.69) is 5.10 Å². The van der Waals surface area contributed by atoms with E-state index in [0.29, 0.717) is 25.5 Å². The summed E-state index contributed by atoms with van der Waals surface area (Å²) >= 11 is 0. The van der Waals surface area contributed by atoms with Crippen molar-refractivity contribution in [3.8, 4) is 5.75 Å². The van der Waals surface area contributed by atoms with E-state index in [1.807, 2.05) is 53.4 Å². The van der Waals surface area contributed by atoms with Crippen molar-refractivity contribution in [2.45, 2.75) is 32.2 Å². The van der Waals surface area contributed by atoms with Gasteiger partial charge in [-0.1, -0.05) is 30.3 Å². The Morgan fingerprint density at radius 3 is 2.61 bits per heavy atom. The molecular formula is C24H27N3O4. The summed E-state index contributed by atoms with van der Waals surface area (Å²) in [6.45, 7) is 2.52. The SMILES string of the molecule is O=C(O)CCn1ncc2cc(OCC3CCN(C(=O)Cc4ccccc4)CC3)ccc21. The molecule has 0 spiro atoms. The molecule has 4 rings (SSSR count).